The lowest BCUT2D eigenvalue weighted by molar-refractivity contribution is 0.351. The smallest absolute Gasteiger partial charge is 0.163 e. The summed E-state index contributed by atoms with van der Waals surface area (Å²) in [6, 6.07) is 10.5. The van der Waals surface area contributed by atoms with Crippen LogP contribution in [-0.2, 0) is 0 Å². The molecule has 0 amide bonds. The van der Waals surface area contributed by atoms with E-state index in [2.05, 4.69) is 22.6 Å². The summed E-state index contributed by atoms with van der Waals surface area (Å²) in [6.45, 7) is 0. The molecule has 0 radical (unpaired) electrons. The van der Waals surface area contributed by atoms with Gasteiger partial charge in [-0.3, -0.25) is 0 Å². The van der Waals surface area contributed by atoms with Crippen LogP contribution >= 0.6 is 34.2 Å². The van der Waals surface area contributed by atoms with Gasteiger partial charge in [-0.25, -0.2) is 4.39 Å². The highest BCUT2D eigenvalue weighted by atomic mass is 127. The molecule has 0 bridgehead atoms. The van der Waals surface area contributed by atoms with Gasteiger partial charge in [-0.2, -0.15) is 0 Å². The van der Waals surface area contributed by atoms with E-state index < -0.39 is 11.2 Å². The highest BCUT2D eigenvalue weighted by molar-refractivity contribution is 14.1. The Hall–Kier alpha value is -1.01. The van der Waals surface area contributed by atoms with Crippen LogP contribution in [0.25, 0.3) is 0 Å². The van der Waals surface area contributed by atoms with Crippen molar-refractivity contribution >= 4 is 34.2 Å². The van der Waals surface area contributed by atoms with Crippen LogP contribution < -0.4 is 9.47 Å². The molecule has 2 nitrogen and oxygen atoms in total. The average Bonchev–Trinajstić information content (AvgIpc) is 2.47. The van der Waals surface area contributed by atoms with Crippen molar-refractivity contribution in [3.63, 3.8) is 0 Å². The molecule has 0 aromatic heterocycles. The van der Waals surface area contributed by atoms with E-state index in [0.29, 0.717) is 17.1 Å². The molecule has 1 atom stereocenters. The summed E-state index contributed by atoms with van der Waals surface area (Å²) in [5.74, 6) is 0.390. The number of benzene rings is 2. The number of halogens is 3. The first kappa shape index (κ1) is 15.4. The molecule has 1 unspecified atom stereocenters. The number of rotatable bonds is 4. The van der Waals surface area contributed by atoms with Crippen molar-refractivity contribution < 1.29 is 13.9 Å². The van der Waals surface area contributed by atoms with Gasteiger partial charge in [0.1, 0.15) is 5.82 Å². The van der Waals surface area contributed by atoms with Crippen LogP contribution in [0.4, 0.5) is 4.39 Å². The maximum atomic E-state index is 14.1. The zero-order chi connectivity index (χ0) is 14.7. The first-order valence-electron chi connectivity index (χ1n) is 5.87. The van der Waals surface area contributed by atoms with E-state index in [1.54, 1.807) is 6.07 Å². The molecule has 0 N–H and O–H groups in total. The SMILES string of the molecule is COc1cc(F)c(C(Cl)c2ccc(I)cc2)cc1OC. The minimum Gasteiger partial charge on any atom is -0.493 e. The van der Waals surface area contributed by atoms with Crippen LogP contribution in [0.15, 0.2) is 36.4 Å². The quantitative estimate of drug-likeness (QED) is 0.538. The molecule has 0 aliphatic rings. The first-order chi connectivity index (χ1) is 9.56. The second-order valence-corrected chi connectivity index (χ2v) is 5.82. The van der Waals surface area contributed by atoms with Crippen LogP contribution in [0.3, 0.4) is 0 Å². The molecular formula is C15H13ClFIO2. The average molecular weight is 407 g/mol. The monoisotopic (exact) mass is 406 g/mol. The summed E-state index contributed by atoms with van der Waals surface area (Å²) in [5.41, 5.74) is 1.20. The molecule has 0 spiro atoms. The van der Waals surface area contributed by atoms with Crippen LogP contribution in [0, 0.1) is 9.39 Å². The Kier molecular flexibility index (Phi) is 5.10. The third-order valence-electron chi connectivity index (χ3n) is 2.94. The summed E-state index contributed by atoms with van der Waals surface area (Å²) in [6.07, 6.45) is 0. The molecule has 5 heteroatoms. The van der Waals surface area contributed by atoms with Crippen LogP contribution in [0.2, 0.25) is 0 Å². The molecule has 0 aliphatic carbocycles. The maximum Gasteiger partial charge on any atom is 0.163 e. The van der Waals surface area contributed by atoms with Crippen LogP contribution in [0.1, 0.15) is 16.5 Å². The van der Waals surface area contributed by atoms with Gasteiger partial charge in [0.05, 0.1) is 19.6 Å². The van der Waals surface area contributed by atoms with E-state index in [0.717, 1.165) is 9.13 Å². The normalized spacial score (nSPS) is 12.1. The van der Waals surface area contributed by atoms with E-state index in [1.807, 2.05) is 24.3 Å². The van der Waals surface area contributed by atoms with E-state index in [-0.39, 0.29) is 0 Å². The first-order valence-corrected chi connectivity index (χ1v) is 7.39. The lowest BCUT2D eigenvalue weighted by Crippen LogP contribution is -2.00. The number of alkyl halides is 1. The minimum absolute atomic E-state index is 0.347. The van der Waals surface area contributed by atoms with Crippen molar-refractivity contribution in [1.82, 2.24) is 0 Å². The molecule has 0 aliphatic heterocycles. The Morgan fingerprint density at radius 2 is 1.60 bits per heavy atom. The molecule has 0 saturated carbocycles. The van der Waals surface area contributed by atoms with Gasteiger partial charge in [0.2, 0.25) is 0 Å². The molecule has 20 heavy (non-hydrogen) atoms. The molecule has 0 saturated heterocycles. The minimum atomic E-state index is -0.577. The summed E-state index contributed by atoms with van der Waals surface area (Å²) >= 11 is 8.58. The van der Waals surface area contributed by atoms with E-state index in [4.69, 9.17) is 21.1 Å². The van der Waals surface area contributed by atoms with Gasteiger partial charge in [0, 0.05) is 15.2 Å². The maximum absolute atomic E-state index is 14.1. The van der Waals surface area contributed by atoms with E-state index >= 15 is 0 Å². The van der Waals surface area contributed by atoms with Gasteiger partial charge < -0.3 is 9.47 Å². The molecule has 106 valence electrons. The van der Waals surface area contributed by atoms with E-state index in [1.165, 1.54) is 20.3 Å². The van der Waals surface area contributed by atoms with Gasteiger partial charge in [0.25, 0.3) is 0 Å². The molecule has 0 heterocycles. The van der Waals surface area contributed by atoms with Gasteiger partial charge in [-0.05, 0) is 46.4 Å². The van der Waals surface area contributed by atoms with Gasteiger partial charge in [0.15, 0.2) is 11.5 Å². The van der Waals surface area contributed by atoms with Crippen molar-refractivity contribution in [1.29, 1.82) is 0 Å². The van der Waals surface area contributed by atoms with Crippen LogP contribution in [0.5, 0.6) is 11.5 Å². The third kappa shape index (κ3) is 3.17. The third-order valence-corrected chi connectivity index (χ3v) is 4.14. The number of hydrogen-bond acceptors (Lipinski definition) is 2. The fourth-order valence-electron chi connectivity index (χ4n) is 1.88. The Bertz CT molecular complexity index is 602. The van der Waals surface area contributed by atoms with Crippen molar-refractivity contribution in [3.05, 3.63) is 56.9 Å². The number of methoxy groups -OCH3 is 2. The molecular weight excluding hydrogens is 394 g/mol. The largest absolute Gasteiger partial charge is 0.493 e. The standard InChI is InChI=1S/C15H13ClFIO2/c1-19-13-7-11(12(17)8-14(13)20-2)15(16)9-3-5-10(18)6-4-9/h3-8,15H,1-2H3. The number of hydrogen-bond donors (Lipinski definition) is 0. The fourth-order valence-corrected chi connectivity index (χ4v) is 2.55. The topological polar surface area (TPSA) is 18.5 Å². The second-order valence-electron chi connectivity index (χ2n) is 4.14. The van der Waals surface area contributed by atoms with Crippen molar-refractivity contribution in [3.8, 4) is 11.5 Å². The van der Waals surface area contributed by atoms with Gasteiger partial charge >= 0.3 is 0 Å². The zero-order valence-electron chi connectivity index (χ0n) is 11.0. The molecule has 2 rings (SSSR count). The Morgan fingerprint density at radius 1 is 1.05 bits per heavy atom. The lowest BCUT2D eigenvalue weighted by atomic mass is 10.0. The predicted octanol–water partition coefficient (Wildman–Crippen LogP) is 4.78. The lowest BCUT2D eigenvalue weighted by Gasteiger charge is -2.15. The van der Waals surface area contributed by atoms with Crippen molar-refractivity contribution in [2.45, 2.75) is 5.38 Å². The van der Waals surface area contributed by atoms with Crippen molar-refractivity contribution in [2.24, 2.45) is 0 Å². The Balaban J connectivity index is 2.43. The summed E-state index contributed by atoms with van der Waals surface area (Å²) in [4.78, 5) is 0. The highest BCUT2D eigenvalue weighted by Crippen LogP contribution is 2.37. The van der Waals surface area contributed by atoms with Crippen molar-refractivity contribution in [2.75, 3.05) is 14.2 Å². The number of ether oxygens (including phenoxy) is 2. The Morgan fingerprint density at radius 3 is 2.15 bits per heavy atom. The summed E-state index contributed by atoms with van der Waals surface area (Å²) in [7, 11) is 2.97. The summed E-state index contributed by atoms with van der Waals surface area (Å²) in [5, 5.41) is -0.577. The second kappa shape index (κ2) is 6.63. The highest BCUT2D eigenvalue weighted by Gasteiger charge is 2.19. The van der Waals surface area contributed by atoms with Gasteiger partial charge in [-0.15, -0.1) is 11.6 Å². The molecule has 2 aromatic carbocycles. The predicted molar refractivity (Wildman–Crippen MR) is 86.4 cm³/mol. The molecule has 0 fully saturated rings. The molecule has 2 aromatic rings. The van der Waals surface area contributed by atoms with Gasteiger partial charge in [-0.1, -0.05) is 12.1 Å². The van der Waals surface area contributed by atoms with E-state index in [9.17, 15) is 4.39 Å². The van der Waals surface area contributed by atoms with Crippen LogP contribution in [-0.4, -0.2) is 14.2 Å². The Labute approximate surface area is 136 Å². The fraction of sp³-hybridized carbons (Fsp3) is 0.200. The summed E-state index contributed by atoms with van der Waals surface area (Å²) < 4.78 is 25.5. The zero-order valence-corrected chi connectivity index (χ0v) is 13.9.